The molecule has 0 radical (unpaired) electrons. The number of hydrogen-bond donors (Lipinski definition) is 2. The van der Waals surface area contributed by atoms with Gasteiger partial charge in [0.25, 0.3) is 11.5 Å². The van der Waals surface area contributed by atoms with Crippen LogP contribution < -0.4 is 10.9 Å². The first-order chi connectivity index (χ1) is 9.11. The zero-order valence-corrected chi connectivity index (χ0v) is 11.5. The first-order valence-electron chi connectivity index (χ1n) is 6.30. The maximum absolute atomic E-state index is 12.1. The fourth-order valence-corrected chi connectivity index (χ4v) is 2.68. The molecule has 1 aliphatic rings. The van der Waals surface area contributed by atoms with Gasteiger partial charge in [-0.3, -0.25) is 9.59 Å². The molecule has 2 atom stereocenters. The lowest BCUT2D eigenvalue weighted by Crippen LogP contribution is -2.40. The quantitative estimate of drug-likeness (QED) is 0.882. The van der Waals surface area contributed by atoms with Crippen LogP contribution in [0.3, 0.4) is 0 Å². The molecule has 1 amide bonds. The van der Waals surface area contributed by atoms with Crippen molar-refractivity contribution in [1.82, 2.24) is 10.3 Å². The van der Waals surface area contributed by atoms with Gasteiger partial charge in [-0.2, -0.15) is 0 Å². The second-order valence-corrected chi connectivity index (χ2v) is 5.22. The Bertz CT molecular complexity index is 515. The summed E-state index contributed by atoms with van der Waals surface area (Å²) in [5.41, 5.74) is -0.376. The second kappa shape index (κ2) is 6.21. The Balaban J connectivity index is 2.08. The van der Waals surface area contributed by atoms with E-state index in [0.29, 0.717) is 17.5 Å². The number of hydrogen-bond acceptors (Lipinski definition) is 3. The van der Waals surface area contributed by atoms with Gasteiger partial charge in [0.15, 0.2) is 0 Å². The molecule has 0 spiro atoms. The molecule has 0 unspecified atom stereocenters. The number of rotatable bonds is 4. The van der Waals surface area contributed by atoms with E-state index in [2.05, 4.69) is 10.3 Å². The van der Waals surface area contributed by atoms with Gasteiger partial charge in [-0.25, -0.2) is 0 Å². The zero-order valence-electron chi connectivity index (χ0n) is 10.7. The third-order valence-electron chi connectivity index (χ3n) is 3.47. The number of carbonyl (C=O) groups excluding carboxylic acids is 1. The van der Waals surface area contributed by atoms with Crippen molar-refractivity contribution in [2.45, 2.75) is 25.3 Å². The van der Waals surface area contributed by atoms with E-state index in [4.69, 9.17) is 16.3 Å². The lowest BCUT2D eigenvalue weighted by atomic mass is 10.0. The highest BCUT2D eigenvalue weighted by Gasteiger charge is 2.29. The van der Waals surface area contributed by atoms with Crippen LogP contribution in [0.4, 0.5) is 0 Å². The molecule has 0 aliphatic heterocycles. The molecule has 0 aromatic carbocycles. The lowest BCUT2D eigenvalue weighted by Gasteiger charge is -2.20. The standard InChI is InChI=1S/C13H17ClN2O3/c1-19-7-8-3-2-4-11(8)16-13(18)10-5-9(14)6-15-12(10)17/h5-6,8,11H,2-4,7H2,1H3,(H,15,17)(H,16,18)/t8-,11-/m0/s1. The SMILES string of the molecule is COC[C@@H]1CCC[C@@H]1NC(=O)c1cc(Cl)c[nH]c1=O. The fourth-order valence-electron chi connectivity index (χ4n) is 2.51. The number of halogens is 1. The van der Waals surface area contributed by atoms with E-state index in [9.17, 15) is 9.59 Å². The van der Waals surface area contributed by atoms with Crippen LogP contribution in [-0.4, -0.2) is 30.6 Å². The molecule has 1 fully saturated rings. The molecule has 0 saturated heterocycles. The van der Waals surface area contributed by atoms with Gasteiger partial charge in [-0.15, -0.1) is 0 Å². The van der Waals surface area contributed by atoms with E-state index < -0.39 is 5.56 Å². The number of aromatic amines is 1. The van der Waals surface area contributed by atoms with E-state index in [-0.39, 0.29) is 17.5 Å². The van der Waals surface area contributed by atoms with Crippen LogP contribution in [0.2, 0.25) is 5.02 Å². The normalized spacial score (nSPS) is 22.4. The van der Waals surface area contributed by atoms with Crippen molar-refractivity contribution in [2.75, 3.05) is 13.7 Å². The summed E-state index contributed by atoms with van der Waals surface area (Å²) in [6, 6.07) is 1.45. The van der Waals surface area contributed by atoms with E-state index in [1.165, 1.54) is 12.3 Å². The van der Waals surface area contributed by atoms with Gasteiger partial charge in [0.05, 0.1) is 11.6 Å². The van der Waals surface area contributed by atoms with E-state index in [1.807, 2.05) is 0 Å². The minimum absolute atomic E-state index is 0.0515. The molecule has 1 heterocycles. The molecule has 6 heteroatoms. The largest absolute Gasteiger partial charge is 0.384 e. The topological polar surface area (TPSA) is 71.2 Å². The first kappa shape index (κ1) is 14.1. The maximum Gasteiger partial charge on any atom is 0.260 e. The van der Waals surface area contributed by atoms with Crippen LogP contribution in [-0.2, 0) is 4.74 Å². The van der Waals surface area contributed by atoms with Crippen molar-refractivity contribution >= 4 is 17.5 Å². The zero-order chi connectivity index (χ0) is 13.8. The second-order valence-electron chi connectivity index (χ2n) is 4.79. The van der Waals surface area contributed by atoms with E-state index in [0.717, 1.165) is 19.3 Å². The van der Waals surface area contributed by atoms with Crippen LogP contribution in [0.1, 0.15) is 29.6 Å². The summed E-state index contributed by atoms with van der Waals surface area (Å²) >= 11 is 5.79. The Morgan fingerprint density at radius 2 is 2.37 bits per heavy atom. The minimum atomic E-state index is -0.428. The average Bonchev–Trinajstić information content (AvgIpc) is 2.80. The Morgan fingerprint density at radius 3 is 3.11 bits per heavy atom. The van der Waals surface area contributed by atoms with Crippen LogP contribution >= 0.6 is 11.6 Å². The summed E-state index contributed by atoms with van der Waals surface area (Å²) in [6.45, 7) is 0.622. The van der Waals surface area contributed by atoms with Crippen molar-refractivity contribution in [2.24, 2.45) is 5.92 Å². The molecule has 0 bridgehead atoms. The van der Waals surface area contributed by atoms with E-state index >= 15 is 0 Å². The Labute approximate surface area is 116 Å². The summed E-state index contributed by atoms with van der Waals surface area (Å²) in [6.07, 6.45) is 4.37. The molecule has 5 nitrogen and oxygen atoms in total. The summed E-state index contributed by atoms with van der Waals surface area (Å²) in [5, 5.41) is 3.24. The van der Waals surface area contributed by atoms with E-state index in [1.54, 1.807) is 7.11 Å². The van der Waals surface area contributed by atoms with Crippen molar-refractivity contribution in [3.8, 4) is 0 Å². The Hall–Kier alpha value is -1.33. The number of amides is 1. The summed E-state index contributed by atoms with van der Waals surface area (Å²) in [7, 11) is 1.65. The van der Waals surface area contributed by atoms with Crippen molar-refractivity contribution < 1.29 is 9.53 Å². The molecule has 104 valence electrons. The number of nitrogens with one attached hydrogen (secondary N) is 2. The molecule has 1 aromatic rings. The highest BCUT2D eigenvalue weighted by molar-refractivity contribution is 6.30. The number of pyridine rings is 1. The highest BCUT2D eigenvalue weighted by atomic mass is 35.5. The van der Waals surface area contributed by atoms with Gasteiger partial charge in [-0.1, -0.05) is 18.0 Å². The van der Waals surface area contributed by atoms with Gasteiger partial charge in [-0.05, 0) is 18.9 Å². The molecular weight excluding hydrogens is 268 g/mol. The fraction of sp³-hybridized carbons (Fsp3) is 0.538. The van der Waals surface area contributed by atoms with Crippen LogP contribution in [0, 0.1) is 5.92 Å². The van der Waals surface area contributed by atoms with Crippen molar-refractivity contribution in [1.29, 1.82) is 0 Å². The lowest BCUT2D eigenvalue weighted by molar-refractivity contribution is 0.0897. The smallest absolute Gasteiger partial charge is 0.260 e. The predicted octanol–water partition coefficient (Wildman–Crippen LogP) is 1.57. The van der Waals surface area contributed by atoms with Gasteiger partial charge < -0.3 is 15.0 Å². The van der Waals surface area contributed by atoms with Crippen LogP contribution in [0.15, 0.2) is 17.1 Å². The molecular formula is C13H17ClN2O3. The Kier molecular flexibility index (Phi) is 4.61. The molecule has 1 aromatic heterocycles. The molecule has 2 rings (SSSR count). The summed E-state index contributed by atoms with van der Waals surface area (Å²) in [5.74, 6) is -0.0658. The monoisotopic (exact) mass is 284 g/mol. The van der Waals surface area contributed by atoms with Gasteiger partial charge in [0.1, 0.15) is 5.56 Å². The third-order valence-corrected chi connectivity index (χ3v) is 3.69. The number of H-pyrrole nitrogens is 1. The minimum Gasteiger partial charge on any atom is -0.384 e. The van der Waals surface area contributed by atoms with Crippen molar-refractivity contribution in [3.05, 3.63) is 33.2 Å². The molecule has 2 N–H and O–H groups in total. The van der Waals surface area contributed by atoms with Crippen LogP contribution in [0.5, 0.6) is 0 Å². The molecule has 1 saturated carbocycles. The van der Waals surface area contributed by atoms with Crippen LogP contribution in [0.25, 0.3) is 0 Å². The van der Waals surface area contributed by atoms with Crippen molar-refractivity contribution in [3.63, 3.8) is 0 Å². The predicted molar refractivity (Wildman–Crippen MR) is 72.5 cm³/mol. The maximum atomic E-state index is 12.1. The third kappa shape index (κ3) is 3.36. The molecule has 1 aliphatic carbocycles. The number of aromatic nitrogens is 1. The highest BCUT2D eigenvalue weighted by Crippen LogP contribution is 2.26. The number of ether oxygens (including phenoxy) is 1. The number of methoxy groups -OCH3 is 1. The average molecular weight is 285 g/mol. The first-order valence-corrected chi connectivity index (χ1v) is 6.67. The van der Waals surface area contributed by atoms with Gasteiger partial charge >= 0.3 is 0 Å². The summed E-state index contributed by atoms with van der Waals surface area (Å²) < 4.78 is 5.15. The summed E-state index contributed by atoms with van der Waals surface area (Å²) in [4.78, 5) is 26.1. The van der Waals surface area contributed by atoms with Gasteiger partial charge in [0.2, 0.25) is 0 Å². The van der Waals surface area contributed by atoms with Gasteiger partial charge in [0, 0.05) is 25.3 Å². The Morgan fingerprint density at radius 1 is 1.58 bits per heavy atom. The molecule has 19 heavy (non-hydrogen) atoms. The number of carbonyl (C=O) groups is 1.